The second kappa shape index (κ2) is 9.69. The number of hydrogen-bond acceptors (Lipinski definition) is 4. The van der Waals surface area contributed by atoms with E-state index < -0.39 is 10.0 Å². The molecule has 2 N–H and O–H groups in total. The molecule has 1 rings (SSSR count). The van der Waals surface area contributed by atoms with Crippen LogP contribution in [-0.2, 0) is 16.6 Å². The predicted molar refractivity (Wildman–Crippen MR) is 89.4 cm³/mol. The molecule has 0 heterocycles. The predicted octanol–water partition coefficient (Wildman–Crippen LogP) is 3.03. The van der Waals surface area contributed by atoms with Crippen molar-refractivity contribution in [1.82, 2.24) is 4.72 Å². The minimum atomic E-state index is -3.62. The first-order valence-corrected chi connectivity index (χ1v) is 10.1. The molecule has 0 radical (unpaired) electrons. The van der Waals surface area contributed by atoms with Crippen LogP contribution in [0, 0.1) is 0 Å². The van der Waals surface area contributed by atoms with Crippen LogP contribution in [-0.4, -0.2) is 32.1 Å². The van der Waals surface area contributed by atoms with Gasteiger partial charge in [-0.25, -0.2) is 13.1 Å². The normalized spacial score (nSPS) is 11.8. The maximum Gasteiger partial charge on any atom is 0.242 e. The van der Waals surface area contributed by atoms with Crippen LogP contribution in [0.1, 0.15) is 31.2 Å². The number of aliphatic hydroxyl groups excluding tert-OH is 1. The van der Waals surface area contributed by atoms with Gasteiger partial charge in [-0.3, -0.25) is 0 Å². The standard InChI is InChI=1S/C14H22ClNO3S2/c1-20-9-5-3-2-4-8-16-21(18,19)14-10-12(11-17)6-7-13(14)15/h6-7,10,16-17H,2-5,8-9,11H2,1H3. The number of unbranched alkanes of at least 4 members (excludes halogenated alkanes) is 3. The van der Waals surface area contributed by atoms with Gasteiger partial charge in [-0.05, 0) is 42.5 Å². The summed E-state index contributed by atoms with van der Waals surface area (Å²) in [6.07, 6.45) is 6.18. The molecule has 0 spiro atoms. The smallest absolute Gasteiger partial charge is 0.242 e. The molecule has 21 heavy (non-hydrogen) atoms. The van der Waals surface area contributed by atoms with Crippen molar-refractivity contribution in [3.8, 4) is 0 Å². The van der Waals surface area contributed by atoms with Crippen LogP contribution in [0.3, 0.4) is 0 Å². The number of benzene rings is 1. The lowest BCUT2D eigenvalue weighted by Crippen LogP contribution is -2.25. The maximum atomic E-state index is 12.2. The topological polar surface area (TPSA) is 66.4 Å². The lowest BCUT2D eigenvalue weighted by Gasteiger charge is -2.09. The van der Waals surface area contributed by atoms with Crippen LogP contribution >= 0.6 is 23.4 Å². The molecule has 120 valence electrons. The SMILES string of the molecule is CSCCCCCCNS(=O)(=O)c1cc(CO)ccc1Cl. The molecule has 7 heteroatoms. The van der Waals surface area contributed by atoms with Gasteiger partial charge < -0.3 is 5.11 Å². The average molecular weight is 352 g/mol. The highest BCUT2D eigenvalue weighted by Gasteiger charge is 2.17. The fourth-order valence-electron chi connectivity index (χ4n) is 1.86. The van der Waals surface area contributed by atoms with Crippen LogP contribution in [0.4, 0.5) is 0 Å². The number of hydrogen-bond donors (Lipinski definition) is 2. The van der Waals surface area contributed by atoms with Crippen molar-refractivity contribution in [2.75, 3.05) is 18.6 Å². The zero-order valence-corrected chi connectivity index (χ0v) is 14.5. The molecule has 0 aliphatic carbocycles. The van der Waals surface area contributed by atoms with E-state index >= 15 is 0 Å². The molecule has 0 saturated heterocycles. The third-order valence-corrected chi connectivity index (χ3v) is 5.67. The summed E-state index contributed by atoms with van der Waals surface area (Å²) in [6, 6.07) is 4.50. The Labute approximate surface area is 136 Å². The Morgan fingerprint density at radius 1 is 1.24 bits per heavy atom. The summed E-state index contributed by atoms with van der Waals surface area (Å²) in [5, 5.41) is 9.24. The number of halogens is 1. The Bertz CT molecular complexity index is 535. The summed E-state index contributed by atoms with van der Waals surface area (Å²) < 4.78 is 26.9. The van der Waals surface area contributed by atoms with Crippen molar-refractivity contribution < 1.29 is 13.5 Å². The Morgan fingerprint density at radius 3 is 2.62 bits per heavy atom. The first-order chi connectivity index (χ1) is 10.0. The first kappa shape index (κ1) is 18.8. The maximum absolute atomic E-state index is 12.2. The van der Waals surface area contributed by atoms with Crippen molar-refractivity contribution in [2.45, 2.75) is 37.2 Å². The second-order valence-electron chi connectivity index (χ2n) is 4.73. The third kappa shape index (κ3) is 6.57. The van der Waals surface area contributed by atoms with E-state index in [1.54, 1.807) is 6.07 Å². The van der Waals surface area contributed by atoms with Crippen LogP contribution in [0.15, 0.2) is 23.1 Å². The van der Waals surface area contributed by atoms with E-state index in [1.807, 2.05) is 11.8 Å². The fraction of sp³-hybridized carbons (Fsp3) is 0.571. The fourth-order valence-corrected chi connectivity index (χ4v) is 3.98. The van der Waals surface area contributed by atoms with Crippen molar-refractivity contribution in [2.24, 2.45) is 0 Å². The van der Waals surface area contributed by atoms with Gasteiger partial charge >= 0.3 is 0 Å². The molecule has 0 bridgehead atoms. The van der Waals surface area contributed by atoms with Gasteiger partial charge in [0, 0.05) is 6.54 Å². The summed E-state index contributed by atoms with van der Waals surface area (Å²) in [7, 11) is -3.62. The van der Waals surface area contributed by atoms with E-state index in [0.717, 1.165) is 31.4 Å². The van der Waals surface area contributed by atoms with Gasteiger partial charge in [0.25, 0.3) is 0 Å². The zero-order chi connectivity index (χ0) is 15.7. The third-order valence-electron chi connectivity index (χ3n) is 3.04. The largest absolute Gasteiger partial charge is 0.392 e. The van der Waals surface area contributed by atoms with Gasteiger partial charge in [0.05, 0.1) is 11.6 Å². The molecule has 1 aromatic rings. The van der Waals surface area contributed by atoms with Gasteiger partial charge in [-0.2, -0.15) is 11.8 Å². The van der Waals surface area contributed by atoms with Gasteiger partial charge in [0.15, 0.2) is 0 Å². The molecule has 0 amide bonds. The molecule has 0 aliphatic rings. The van der Waals surface area contributed by atoms with E-state index in [-0.39, 0.29) is 16.5 Å². The lowest BCUT2D eigenvalue weighted by molar-refractivity contribution is 0.281. The van der Waals surface area contributed by atoms with E-state index in [9.17, 15) is 8.42 Å². The highest BCUT2D eigenvalue weighted by molar-refractivity contribution is 7.98. The minimum absolute atomic E-state index is 0.0260. The first-order valence-electron chi connectivity index (χ1n) is 6.89. The Hall–Kier alpha value is -0.270. The number of aliphatic hydroxyl groups is 1. The van der Waals surface area contributed by atoms with Gasteiger partial charge in [0.1, 0.15) is 4.90 Å². The number of sulfonamides is 1. The quantitative estimate of drug-likeness (QED) is 0.636. The summed E-state index contributed by atoms with van der Waals surface area (Å²) in [5.41, 5.74) is 0.525. The molecule has 1 aromatic carbocycles. The Kier molecular flexibility index (Phi) is 8.66. The summed E-state index contributed by atoms with van der Waals surface area (Å²) in [6.45, 7) is 0.191. The van der Waals surface area contributed by atoms with E-state index in [4.69, 9.17) is 16.7 Å². The summed E-state index contributed by atoms with van der Waals surface area (Å²) in [5.74, 6) is 1.15. The highest BCUT2D eigenvalue weighted by atomic mass is 35.5. The van der Waals surface area contributed by atoms with Crippen LogP contribution < -0.4 is 4.72 Å². The van der Waals surface area contributed by atoms with Crippen molar-refractivity contribution in [3.05, 3.63) is 28.8 Å². The molecule has 0 unspecified atom stereocenters. The number of rotatable bonds is 10. The van der Waals surface area contributed by atoms with Gasteiger partial charge in [-0.1, -0.05) is 30.5 Å². The summed E-state index contributed by atoms with van der Waals surface area (Å²) >= 11 is 7.76. The molecule has 0 saturated carbocycles. The van der Waals surface area contributed by atoms with Crippen molar-refractivity contribution in [3.63, 3.8) is 0 Å². The van der Waals surface area contributed by atoms with E-state index in [0.29, 0.717) is 12.1 Å². The highest BCUT2D eigenvalue weighted by Crippen LogP contribution is 2.22. The number of nitrogens with one attached hydrogen (secondary N) is 1. The summed E-state index contributed by atoms with van der Waals surface area (Å²) in [4.78, 5) is 0.0260. The molecule has 0 aliphatic heterocycles. The Balaban J connectivity index is 2.50. The molecule has 0 aromatic heterocycles. The second-order valence-corrected chi connectivity index (χ2v) is 7.86. The Morgan fingerprint density at radius 2 is 1.95 bits per heavy atom. The van der Waals surface area contributed by atoms with E-state index in [2.05, 4.69) is 11.0 Å². The van der Waals surface area contributed by atoms with Crippen LogP contribution in [0.25, 0.3) is 0 Å². The van der Waals surface area contributed by atoms with Crippen LogP contribution in [0.2, 0.25) is 5.02 Å². The minimum Gasteiger partial charge on any atom is -0.392 e. The molecular weight excluding hydrogens is 330 g/mol. The number of thioether (sulfide) groups is 1. The average Bonchev–Trinajstić information content (AvgIpc) is 2.46. The van der Waals surface area contributed by atoms with Gasteiger partial charge in [0.2, 0.25) is 10.0 Å². The lowest BCUT2D eigenvalue weighted by atomic mass is 10.2. The molecule has 0 fully saturated rings. The molecular formula is C14H22ClNO3S2. The molecule has 0 atom stereocenters. The van der Waals surface area contributed by atoms with Crippen molar-refractivity contribution in [1.29, 1.82) is 0 Å². The van der Waals surface area contributed by atoms with Gasteiger partial charge in [-0.15, -0.1) is 0 Å². The molecule has 4 nitrogen and oxygen atoms in total. The van der Waals surface area contributed by atoms with Crippen molar-refractivity contribution >= 4 is 33.4 Å². The van der Waals surface area contributed by atoms with E-state index in [1.165, 1.54) is 12.1 Å². The monoisotopic (exact) mass is 351 g/mol. The van der Waals surface area contributed by atoms with Crippen LogP contribution in [0.5, 0.6) is 0 Å². The zero-order valence-electron chi connectivity index (χ0n) is 12.1.